The Morgan fingerprint density at radius 3 is 2.23 bits per heavy atom. The molecule has 1 saturated carbocycles. The fourth-order valence-electron chi connectivity index (χ4n) is 5.04. The van der Waals surface area contributed by atoms with Gasteiger partial charge >= 0.3 is 0 Å². The molecule has 30 heavy (non-hydrogen) atoms. The highest BCUT2D eigenvalue weighted by molar-refractivity contribution is 5.24. The first-order chi connectivity index (χ1) is 14.8. The van der Waals surface area contributed by atoms with E-state index in [0.29, 0.717) is 5.92 Å². The molecule has 0 amide bonds. The van der Waals surface area contributed by atoms with Gasteiger partial charge in [-0.15, -0.1) is 0 Å². The molecule has 0 atom stereocenters. The number of allylic oxidation sites excluding steroid dienone is 2. The summed E-state index contributed by atoms with van der Waals surface area (Å²) in [7, 11) is 0. The van der Waals surface area contributed by atoms with Gasteiger partial charge in [-0.2, -0.15) is 0 Å². The van der Waals surface area contributed by atoms with Crippen LogP contribution in [0.5, 0.6) is 0 Å². The molecule has 0 spiro atoms. The normalized spacial score (nSPS) is 27.5. The van der Waals surface area contributed by atoms with Crippen molar-refractivity contribution in [3.63, 3.8) is 0 Å². The first kappa shape index (κ1) is 23.5. The minimum absolute atomic E-state index is 0.177. The number of unbranched alkanes of at least 4 members (excludes halogenated alkanes) is 2. The zero-order valence-corrected chi connectivity index (χ0v) is 19.5. The van der Waals surface area contributed by atoms with Crippen LogP contribution in [0.25, 0.3) is 0 Å². The Morgan fingerprint density at radius 2 is 1.57 bits per heavy atom. The van der Waals surface area contributed by atoms with E-state index in [1.165, 1.54) is 69.8 Å². The summed E-state index contributed by atoms with van der Waals surface area (Å²) in [6, 6.07) is 8.86. The van der Waals surface area contributed by atoms with Crippen LogP contribution >= 0.6 is 0 Å². The van der Waals surface area contributed by atoms with Crippen LogP contribution in [0.15, 0.2) is 36.4 Å². The van der Waals surface area contributed by atoms with E-state index in [2.05, 4.69) is 50.3 Å². The zero-order chi connectivity index (χ0) is 21.0. The van der Waals surface area contributed by atoms with Crippen LogP contribution in [0.3, 0.4) is 0 Å². The van der Waals surface area contributed by atoms with Crippen LogP contribution in [-0.2, 0) is 15.9 Å². The Hall–Kier alpha value is -1.12. The lowest BCUT2D eigenvalue weighted by atomic mass is 9.79. The van der Waals surface area contributed by atoms with Gasteiger partial charge in [0, 0.05) is 11.5 Å². The van der Waals surface area contributed by atoms with Crippen LogP contribution in [-0.4, -0.2) is 13.2 Å². The molecule has 1 aromatic carbocycles. The molecule has 0 aromatic heterocycles. The Balaban J connectivity index is 1.32. The Morgan fingerprint density at radius 1 is 0.833 bits per heavy atom. The van der Waals surface area contributed by atoms with Crippen molar-refractivity contribution in [3.05, 3.63) is 47.5 Å². The molecule has 0 radical (unpaired) electrons. The van der Waals surface area contributed by atoms with Crippen molar-refractivity contribution in [3.8, 4) is 0 Å². The maximum atomic E-state index is 5.94. The van der Waals surface area contributed by atoms with Gasteiger partial charge in [-0.3, -0.25) is 0 Å². The number of rotatable bonds is 11. The third-order valence-corrected chi connectivity index (χ3v) is 7.03. The number of aryl methyl sites for hydroxylation is 1. The number of benzene rings is 1. The molecule has 1 aromatic rings. The molecule has 0 unspecified atom stereocenters. The predicted molar refractivity (Wildman–Crippen MR) is 127 cm³/mol. The maximum absolute atomic E-state index is 5.94. The molecule has 2 heteroatoms. The van der Waals surface area contributed by atoms with Crippen LogP contribution in [0.4, 0.5) is 0 Å². The van der Waals surface area contributed by atoms with Crippen LogP contribution in [0.1, 0.15) is 102 Å². The largest absolute Gasteiger partial charge is 0.348 e. The van der Waals surface area contributed by atoms with Gasteiger partial charge in [0.15, 0.2) is 6.29 Å². The van der Waals surface area contributed by atoms with E-state index in [4.69, 9.17) is 9.47 Å². The van der Waals surface area contributed by atoms with Crippen molar-refractivity contribution in [1.82, 2.24) is 0 Å². The topological polar surface area (TPSA) is 18.5 Å². The summed E-state index contributed by atoms with van der Waals surface area (Å²) in [5, 5.41) is 0. The van der Waals surface area contributed by atoms with Crippen LogP contribution in [0.2, 0.25) is 0 Å². The fourth-order valence-corrected chi connectivity index (χ4v) is 5.04. The molecule has 168 valence electrons. The summed E-state index contributed by atoms with van der Waals surface area (Å²) in [4.78, 5) is 0. The third-order valence-electron chi connectivity index (χ3n) is 7.03. The molecule has 1 heterocycles. The zero-order valence-electron chi connectivity index (χ0n) is 19.5. The Bertz CT molecular complexity index is 590. The molecule has 2 aliphatic rings. The van der Waals surface area contributed by atoms with E-state index in [9.17, 15) is 0 Å². The summed E-state index contributed by atoms with van der Waals surface area (Å²) < 4.78 is 11.9. The van der Waals surface area contributed by atoms with Crippen molar-refractivity contribution >= 4 is 0 Å². The van der Waals surface area contributed by atoms with Gasteiger partial charge < -0.3 is 9.47 Å². The van der Waals surface area contributed by atoms with E-state index in [1.807, 2.05) is 0 Å². The van der Waals surface area contributed by atoms with Crippen molar-refractivity contribution in [1.29, 1.82) is 0 Å². The standard InChI is InChI=1S/C28H44O2/c1-3-5-6-10-23-13-15-24(16-14-23)11-7-8-12-25-17-19-27(20-18-25)28-29-21-26(9-4-2)22-30-28/h7,11,17-20,23-24,26,28H,3-6,8-10,12-16,21-22H2,1-2H3/b11-7+/t23-,24-,26-,28-. The number of ether oxygens (including phenoxy) is 2. The summed E-state index contributed by atoms with van der Waals surface area (Å²) in [5.74, 6) is 2.40. The van der Waals surface area contributed by atoms with Gasteiger partial charge in [0.05, 0.1) is 13.2 Å². The van der Waals surface area contributed by atoms with E-state index in [1.54, 1.807) is 0 Å². The molecular formula is C28H44O2. The smallest absolute Gasteiger partial charge is 0.183 e. The van der Waals surface area contributed by atoms with E-state index in [0.717, 1.165) is 43.5 Å². The summed E-state index contributed by atoms with van der Waals surface area (Å²) in [6.45, 7) is 6.18. The number of hydrogen-bond acceptors (Lipinski definition) is 2. The predicted octanol–water partition coefficient (Wildman–Crippen LogP) is 8.02. The van der Waals surface area contributed by atoms with Gasteiger partial charge in [-0.1, -0.05) is 82.4 Å². The van der Waals surface area contributed by atoms with Gasteiger partial charge in [-0.05, 0) is 62.3 Å². The molecule has 1 aliphatic carbocycles. The maximum Gasteiger partial charge on any atom is 0.183 e. The van der Waals surface area contributed by atoms with E-state index >= 15 is 0 Å². The third kappa shape index (κ3) is 7.85. The molecule has 3 rings (SSSR count). The molecule has 2 nitrogen and oxygen atoms in total. The highest BCUT2D eigenvalue weighted by Gasteiger charge is 2.23. The average molecular weight is 413 g/mol. The van der Waals surface area contributed by atoms with Crippen molar-refractivity contribution in [2.24, 2.45) is 17.8 Å². The fraction of sp³-hybridized carbons (Fsp3) is 0.714. The lowest BCUT2D eigenvalue weighted by molar-refractivity contribution is -0.206. The monoisotopic (exact) mass is 412 g/mol. The minimum atomic E-state index is -0.177. The van der Waals surface area contributed by atoms with E-state index in [-0.39, 0.29) is 6.29 Å². The molecule has 0 bridgehead atoms. The summed E-state index contributed by atoms with van der Waals surface area (Å²) in [5.41, 5.74) is 2.56. The summed E-state index contributed by atoms with van der Waals surface area (Å²) >= 11 is 0. The quantitative estimate of drug-likeness (QED) is 0.270. The van der Waals surface area contributed by atoms with Crippen molar-refractivity contribution in [2.45, 2.75) is 97.2 Å². The summed E-state index contributed by atoms with van der Waals surface area (Å²) in [6.07, 6.45) is 20.8. The SMILES string of the molecule is CCCCC[C@H]1CC[C@H](/C=C/CCc2ccc([C@H]3OC[C@H](CCC)CO3)cc2)CC1. The first-order valence-electron chi connectivity index (χ1n) is 12.8. The molecule has 1 aliphatic heterocycles. The van der Waals surface area contributed by atoms with Crippen molar-refractivity contribution < 1.29 is 9.47 Å². The van der Waals surface area contributed by atoms with Gasteiger partial charge in [0.25, 0.3) is 0 Å². The van der Waals surface area contributed by atoms with Gasteiger partial charge in [-0.25, -0.2) is 0 Å². The first-order valence-corrected chi connectivity index (χ1v) is 12.8. The number of hydrogen-bond donors (Lipinski definition) is 0. The lowest BCUT2D eigenvalue weighted by Crippen LogP contribution is -2.26. The molecule has 2 fully saturated rings. The van der Waals surface area contributed by atoms with E-state index < -0.39 is 0 Å². The second kappa shape index (κ2) is 13.3. The highest BCUT2D eigenvalue weighted by atomic mass is 16.7. The van der Waals surface area contributed by atoms with Crippen LogP contribution < -0.4 is 0 Å². The second-order valence-corrected chi connectivity index (χ2v) is 9.64. The Labute approximate surface area is 185 Å². The minimum Gasteiger partial charge on any atom is -0.348 e. The molecule has 0 N–H and O–H groups in total. The molecule has 1 saturated heterocycles. The second-order valence-electron chi connectivity index (χ2n) is 9.64. The van der Waals surface area contributed by atoms with Gasteiger partial charge in [0.1, 0.15) is 0 Å². The van der Waals surface area contributed by atoms with Crippen molar-refractivity contribution in [2.75, 3.05) is 13.2 Å². The lowest BCUT2D eigenvalue weighted by Gasteiger charge is -2.29. The highest BCUT2D eigenvalue weighted by Crippen LogP contribution is 2.33. The molecular weight excluding hydrogens is 368 g/mol. The van der Waals surface area contributed by atoms with Crippen LogP contribution in [0, 0.1) is 17.8 Å². The average Bonchev–Trinajstić information content (AvgIpc) is 2.79. The van der Waals surface area contributed by atoms with Gasteiger partial charge in [0.2, 0.25) is 0 Å². The Kier molecular flexibility index (Phi) is 10.5.